The van der Waals surface area contributed by atoms with Crippen molar-refractivity contribution < 1.29 is 4.74 Å². The lowest BCUT2D eigenvalue weighted by Crippen LogP contribution is -2.38. The molecular weight excluding hydrogens is 316 g/mol. The van der Waals surface area contributed by atoms with Crippen LogP contribution in [0.3, 0.4) is 0 Å². The van der Waals surface area contributed by atoms with E-state index in [-0.39, 0.29) is 6.10 Å². The van der Waals surface area contributed by atoms with E-state index >= 15 is 0 Å². The highest BCUT2D eigenvalue weighted by Gasteiger charge is 2.26. The Balaban J connectivity index is 1.51. The Morgan fingerprint density at radius 1 is 1.20 bits per heavy atom. The third kappa shape index (κ3) is 3.38. The van der Waals surface area contributed by atoms with E-state index in [1.165, 1.54) is 5.56 Å². The Labute approximate surface area is 145 Å². The van der Waals surface area contributed by atoms with Gasteiger partial charge in [0.1, 0.15) is 17.6 Å². The first-order valence-corrected chi connectivity index (χ1v) is 8.29. The molecule has 128 valence electrons. The normalized spacial score (nSPS) is 18.3. The van der Waals surface area contributed by atoms with Gasteiger partial charge >= 0.3 is 0 Å². The minimum Gasteiger partial charge on any atom is -0.382 e. The summed E-state index contributed by atoms with van der Waals surface area (Å²) in [5.41, 5.74) is 10.0. The smallest absolute Gasteiger partial charge is 0.147 e. The van der Waals surface area contributed by atoms with Gasteiger partial charge in [0.25, 0.3) is 0 Å². The third-order valence-electron chi connectivity index (χ3n) is 4.39. The Morgan fingerprint density at radius 3 is 2.88 bits per heavy atom. The van der Waals surface area contributed by atoms with E-state index in [4.69, 9.17) is 10.5 Å². The molecule has 0 aliphatic carbocycles. The molecule has 2 aromatic heterocycles. The summed E-state index contributed by atoms with van der Waals surface area (Å²) in [6.07, 6.45) is 4.98. The molecule has 0 radical (unpaired) electrons. The molecule has 0 amide bonds. The molecule has 0 bridgehead atoms. The number of aromatic amines is 1. The molecule has 1 aromatic carbocycles. The number of hydrogen-bond acceptors (Lipinski definition) is 6. The zero-order chi connectivity index (χ0) is 17.1. The number of rotatable bonds is 4. The van der Waals surface area contributed by atoms with Gasteiger partial charge in [-0.25, -0.2) is 4.98 Å². The fourth-order valence-corrected chi connectivity index (χ4v) is 3.15. The molecule has 7 heteroatoms. The quantitative estimate of drug-likeness (QED) is 0.757. The SMILES string of the molecule is Nc1nccnc1[C@H]1CN(Cc2cn[nH]c2-c2ccccc2)CCO1. The van der Waals surface area contributed by atoms with Crippen molar-refractivity contribution in [2.45, 2.75) is 12.6 Å². The van der Waals surface area contributed by atoms with E-state index in [9.17, 15) is 0 Å². The molecule has 3 heterocycles. The fourth-order valence-electron chi connectivity index (χ4n) is 3.15. The van der Waals surface area contributed by atoms with E-state index in [0.29, 0.717) is 18.1 Å². The first-order chi connectivity index (χ1) is 12.3. The largest absolute Gasteiger partial charge is 0.382 e. The monoisotopic (exact) mass is 336 g/mol. The molecule has 0 spiro atoms. The van der Waals surface area contributed by atoms with Crippen molar-refractivity contribution >= 4 is 5.82 Å². The predicted molar refractivity (Wildman–Crippen MR) is 94.4 cm³/mol. The Hall–Kier alpha value is -2.77. The molecule has 1 saturated heterocycles. The summed E-state index contributed by atoms with van der Waals surface area (Å²) in [5, 5.41) is 7.34. The summed E-state index contributed by atoms with van der Waals surface area (Å²) in [5.74, 6) is 0.433. The molecule has 1 atom stereocenters. The predicted octanol–water partition coefficient (Wildman–Crippen LogP) is 2.02. The summed E-state index contributed by atoms with van der Waals surface area (Å²) < 4.78 is 5.86. The minimum atomic E-state index is -0.158. The maximum atomic E-state index is 5.95. The zero-order valence-electron chi connectivity index (χ0n) is 13.8. The molecule has 25 heavy (non-hydrogen) atoms. The second kappa shape index (κ2) is 7.00. The summed E-state index contributed by atoms with van der Waals surface area (Å²) >= 11 is 0. The van der Waals surface area contributed by atoms with Crippen LogP contribution in [0.1, 0.15) is 17.4 Å². The number of benzene rings is 1. The fraction of sp³-hybridized carbons (Fsp3) is 0.278. The van der Waals surface area contributed by atoms with Crippen LogP contribution in [0, 0.1) is 0 Å². The molecule has 0 saturated carbocycles. The van der Waals surface area contributed by atoms with Crippen LogP contribution in [0.15, 0.2) is 48.9 Å². The van der Waals surface area contributed by atoms with Gasteiger partial charge in [0.15, 0.2) is 0 Å². The van der Waals surface area contributed by atoms with Crippen LogP contribution < -0.4 is 5.73 Å². The Morgan fingerprint density at radius 2 is 2.04 bits per heavy atom. The van der Waals surface area contributed by atoms with Gasteiger partial charge < -0.3 is 10.5 Å². The van der Waals surface area contributed by atoms with Crippen LogP contribution in [0.5, 0.6) is 0 Å². The van der Waals surface area contributed by atoms with E-state index in [1.54, 1.807) is 12.4 Å². The summed E-state index contributed by atoms with van der Waals surface area (Å²) in [7, 11) is 0. The lowest BCUT2D eigenvalue weighted by Gasteiger charge is -2.32. The highest BCUT2D eigenvalue weighted by atomic mass is 16.5. The second-order valence-electron chi connectivity index (χ2n) is 6.06. The average molecular weight is 336 g/mol. The van der Waals surface area contributed by atoms with E-state index < -0.39 is 0 Å². The van der Waals surface area contributed by atoms with Crippen molar-refractivity contribution in [1.82, 2.24) is 25.1 Å². The number of aromatic nitrogens is 4. The number of nitrogen functional groups attached to an aromatic ring is 1. The van der Waals surface area contributed by atoms with Crippen LogP contribution in [-0.2, 0) is 11.3 Å². The molecule has 7 nitrogen and oxygen atoms in total. The zero-order valence-corrected chi connectivity index (χ0v) is 13.8. The summed E-state index contributed by atoms with van der Waals surface area (Å²) in [4.78, 5) is 10.8. The number of nitrogens with one attached hydrogen (secondary N) is 1. The lowest BCUT2D eigenvalue weighted by molar-refractivity contribution is -0.0346. The number of morpholine rings is 1. The van der Waals surface area contributed by atoms with Gasteiger partial charge in [-0.2, -0.15) is 5.10 Å². The van der Waals surface area contributed by atoms with Gasteiger partial charge in [-0.1, -0.05) is 30.3 Å². The van der Waals surface area contributed by atoms with Crippen LogP contribution in [-0.4, -0.2) is 44.8 Å². The number of hydrogen-bond donors (Lipinski definition) is 2. The lowest BCUT2D eigenvalue weighted by atomic mass is 10.1. The first-order valence-electron chi connectivity index (χ1n) is 8.29. The topological polar surface area (TPSA) is 93.0 Å². The van der Waals surface area contributed by atoms with Crippen molar-refractivity contribution in [2.75, 3.05) is 25.4 Å². The molecule has 1 fully saturated rings. The number of H-pyrrole nitrogens is 1. The van der Waals surface area contributed by atoms with E-state index in [2.05, 4.69) is 37.2 Å². The Kier molecular flexibility index (Phi) is 4.41. The molecule has 3 aromatic rings. The van der Waals surface area contributed by atoms with Gasteiger partial charge in [0.2, 0.25) is 0 Å². The summed E-state index contributed by atoms with van der Waals surface area (Å²) in [6.45, 7) is 3.01. The maximum Gasteiger partial charge on any atom is 0.147 e. The second-order valence-corrected chi connectivity index (χ2v) is 6.06. The van der Waals surface area contributed by atoms with Gasteiger partial charge in [-0.15, -0.1) is 0 Å². The Bertz CT molecular complexity index is 834. The number of nitrogens with two attached hydrogens (primary N) is 1. The number of anilines is 1. The van der Waals surface area contributed by atoms with E-state index in [1.807, 2.05) is 24.4 Å². The van der Waals surface area contributed by atoms with E-state index in [0.717, 1.165) is 30.9 Å². The molecule has 1 aliphatic rings. The van der Waals surface area contributed by atoms with Gasteiger partial charge in [0.05, 0.1) is 18.5 Å². The van der Waals surface area contributed by atoms with Crippen LogP contribution in [0.25, 0.3) is 11.3 Å². The van der Waals surface area contributed by atoms with Crippen LogP contribution in [0.4, 0.5) is 5.82 Å². The van der Waals surface area contributed by atoms with Crippen molar-refractivity contribution in [2.24, 2.45) is 0 Å². The third-order valence-corrected chi connectivity index (χ3v) is 4.39. The van der Waals surface area contributed by atoms with Gasteiger partial charge in [-0.3, -0.25) is 15.0 Å². The molecule has 0 unspecified atom stereocenters. The van der Waals surface area contributed by atoms with Gasteiger partial charge in [0, 0.05) is 37.6 Å². The minimum absolute atomic E-state index is 0.158. The first kappa shape index (κ1) is 15.7. The number of ether oxygens (including phenoxy) is 1. The number of nitrogens with zero attached hydrogens (tertiary/aromatic N) is 4. The van der Waals surface area contributed by atoms with Crippen molar-refractivity contribution in [3.8, 4) is 11.3 Å². The molecule has 4 rings (SSSR count). The van der Waals surface area contributed by atoms with Crippen molar-refractivity contribution in [3.05, 3.63) is 60.2 Å². The molecular formula is C18H20N6O. The average Bonchev–Trinajstić information content (AvgIpc) is 3.11. The van der Waals surface area contributed by atoms with Crippen LogP contribution in [0.2, 0.25) is 0 Å². The van der Waals surface area contributed by atoms with Crippen molar-refractivity contribution in [3.63, 3.8) is 0 Å². The van der Waals surface area contributed by atoms with Crippen molar-refractivity contribution in [1.29, 1.82) is 0 Å². The molecule has 3 N–H and O–H groups in total. The maximum absolute atomic E-state index is 5.95. The highest BCUT2D eigenvalue weighted by molar-refractivity contribution is 5.62. The van der Waals surface area contributed by atoms with Crippen LogP contribution >= 0.6 is 0 Å². The highest BCUT2D eigenvalue weighted by Crippen LogP contribution is 2.27. The van der Waals surface area contributed by atoms with Gasteiger partial charge in [-0.05, 0) is 5.56 Å². The molecule has 1 aliphatic heterocycles. The summed E-state index contributed by atoms with van der Waals surface area (Å²) in [6, 6.07) is 10.2. The standard InChI is InChI=1S/C18H20N6O/c19-18-17(20-6-7-21-18)15-12-24(8-9-25-15)11-14-10-22-23-16(14)13-4-2-1-3-5-13/h1-7,10,15H,8-9,11-12H2,(H2,19,21)(H,22,23)/t15-/m1/s1.